The van der Waals surface area contributed by atoms with Gasteiger partial charge in [-0.15, -0.1) is 0 Å². The number of rotatable bonds is 4. The topological polar surface area (TPSA) is 33.2 Å². The molecular formula is C15H14BrClN2O. The van der Waals surface area contributed by atoms with Gasteiger partial charge in [0.05, 0.1) is 0 Å². The van der Waals surface area contributed by atoms with Crippen LogP contribution >= 0.6 is 27.5 Å². The SMILES string of the molecule is CCN(Cc1ccccc1Cl)C(=O)c1cccc(Br)n1. The van der Waals surface area contributed by atoms with Gasteiger partial charge < -0.3 is 4.90 Å². The molecule has 0 aliphatic heterocycles. The summed E-state index contributed by atoms with van der Waals surface area (Å²) in [6.45, 7) is 3.01. The van der Waals surface area contributed by atoms with E-state index >= 15 is 0 Å². The lowest BCUT2D eigenvalue weighted by Crippen LogP contribution is -2.31. The third-order valence-electron chi connectivity index (χ3n) is 2.92. The molecule has 1 heterocycles. The van der Waals surface area contributed by atoms with Crippen molar-refractivity contribution in [3.05, 3.63) is 63.3 Å². The lowest BCUT2D eigenvalue weighted by atomic mass is 10.2. The highest BCUT2D eigenvalue weighted by molar-refractivity contribution is 9.10. The minimum absolute atomic E-state index is 0.103. The van der Waals surface area contributed by atoms with Gasteiger partial charge in [0.2, 0.25) is 0 Å². The van der Waals surface area contributed by atoms with Gasteiger partial charge in [-0.1, -0.05) is 35.9 Å². The number of aromatic nitrogens is 1. The van der Waals surface area contributed by atoms with Crippen molar-refractivity contribution in [3.63, 3.8) is 0 Å². The third-order valence-corrected chi connectivity index (χ3v) is 3.73. The molecule has 2 aromatic rings. The standard InChI is InChI=1S/C15H14BrClN2O/c1-2-19(10-11-6-3-4-7-12(11)17)15(20)13-8-5-9-14(16)18-13/h3-9H,2,10H2,1H3. The third kappa shape index (κ3) is 3.58. The highest BCUT2D eigenvalue weighted by atomic mass is 79.9. The van der Waals surface area contributed by atoms with E-state index in [4.69, 9.17) is 11.6 Å². The van der Waals surface area contributed by atoms with E-state index in [-0.39, 0.29) is 5.91 Å². The first-order chi connectivity index (χ1) is 9.61. The number of carbonyl (C=O) groups is 1. The van der Waals surface area contributed by atoms with Crippen molar-refractivity contribution < 1.29 is 4.79 Å². The summed E-state index contributed by atoms with van der Waals surface area (Å²) >= 11 is 9.42. The summed E-state index contributed by atoms with van der Waals surface area (Å²) in [4.78, 5) is 18.4. The van der Waals surface area contributed by atoms with Crippen LogP contribution in [0.15, 0.2) is 47.1 Å². The Morgan fingerprint density at radius 2 is 2.00 bits per heavy atom. The molecule has 1 aromatic heterocycles. The van der Waals surface area contributed by atoms with E-state index in [1.807, 2.05) is 31.2 Å². The van der Waals surface area contributed by atoms with Crippen LogP contribution < -0.4 is 0 Å². The summed E-state index contributed by atoms with van der Waals surface area (Å²) in [5, 5.41) is 0.668. The van der Waals surface area contributed by atoms with Crippen molar-refractivity contribution >= 4 is 33.4 Å². The quantitative estimate of drug-likeness (QED) is 0.773. The highest BCUT2D eigenvalue weighted by Gasteiger charge is 2.16. The Hall–Kier alpha value is -1.39. The maximum atomic E-state index is 12.4. The molecular weight excluding hydrogens is 340 g/mol. The zero-order chi connectivity index (χ0) is 14.5. The molecule has 0 bridgehead atoms. The number of nitrogens with zero attached hydrogens (tertiary/aromatic N) is 2. The average Bonchev–Trinajstić information content (AvgIpc) is 2.46. The molecule has 0 aliphatic rings. The highest BCUT2D eigenvalue weighted by Crippen LogP contribution is 2.18. The van der Waals surface area contributed by atoms with Crippen LogP contribution in [-0.2, 0) is 6.54 Å². The van der Waals surface area contributed by atoms with Gasteiger partial charge in [0.25, 0.3) is 5.91 Å². The molecule has 0 saturated heterocycles. The Bertz CT molecular complexity index is 618. The molecule has 0 unspecified atom stereocenters. The molecule has 1 amide bonds. The van der Waals surface area contributed by atoms with Crippen LogP contribution in [0.3, 0.4) is 0 Å². The number of pyridine rings is 1. The number of halogens is 2. The smallest absolute Gasteiger partial charge is 0.272 e. The van der Waals surface area contributed by atoms with E-state index in [0.717, 1.165) is 5.56 Å². The minimum atomic E-state index is -0.103. The van der Waals surface area contributed by atoms with Gasteiger partial charge in [-0.25, -0.2) is 4.98 Å². The Morgan fingerprint density at radius 1 is 1.25 bits per heavy atom. The summed E-state index contributed by atoms with van der Waals surface area (Å²) in [5.74, 6) is -0.103. The molecule has 0 N–H and O–H groups in total. The first-order valence-corrected chi connectivity index (χ1v) is 7.44. The second kappa shape index (κ2) is 6.86. The molecule has 104 valence electrons. The molecule has 0 aliphatic carbocycles. The zero-order valence-corrected chi connectivity index (χ0v) is 13.4. The Morgan fingerprint density at radius 3 is 2.65 bits per heavy atom. The van der Waals surface area contributed by atoms with Crippen LogP contribution in [0.5, 0.6) is 0 Å². The molecule has 20 heavy (non-hydrogen) atoms. The van der Waals surface area contributed by atoms with Gasteiger partial charge in [0.15, 0.2) is 0 Å². The zero-order valence-electron chi connectivity index (χ0n) is 11.0. The number of carbonyl (C=O) groups excluding carboxylic acids is 1. The van der Waals surface area contributed by atoms with Gasteiger partial charge in [-0.05, 0) is 46.6 Å². The summed E-state index contributed by atoms with van der Waals surface area (Å²) in [5.41, 5.74) is 1.35. The van der Waals surface area contributed by atoms with Crippen molar-refractivity contribution in [2.45, 2.75) is 13.5 Å². The number of benzene rings is 1. The number of hydrogen-bond donors (Lipinski definition) is 0. The van der Waals surface area contributed by atoms with Crippen LogP contribution in [0.1, 0.15) is 23.0 Å². The Kier molecular flexibility index (Phi) is 5.15. The second-order valence-electron chi connectivity index (χ2n) is 4.26. The van der Waals surface area contributed by atoms with Crippen molar-refractivity contribution in [2.75, 3.05) is 6.54 Å². The Labute approximate surface area is 131 Å². The largest absolute Gasteiger partial charge is 0.333 e. The van der Waals surface area contributed by atoms with Crippen LogP contribution in [-0.4, -0.2) is 22.3 Å². The summed E-state index contributed by atoms with van der Waals surface area (Å²) in [7, 11) is 0. The fourth-order valence-corrected chi connectivity index (χ4v) is 2.39. The molecule has 1 aromatic carbocycles. The first-order valence-electron chi connectivity index (χ1n) is 6.27. The lowest BCUT2D eigenvalue weighted by Gasteiger charge is -2.21. The van der Waals surface area contributed by atoms with E-state index in [1.165, 1.54) is 0 Å². The van der Waals surface area contributed by atoms with Gasteiger partial charge >= 0.3 is 0 Å². The van der Waals surface area contributed by atoms with E-state index in [9.17, 15) is 4.79 Å². The molecule has 0 saturated carbocycles. The van der Waals surface area contributed by atoms with Gasteiger partial charge in [-0.3, -0.25) is 4.79 Å². The first kappa shape index (κ1) is 15.0. The van der Waals surface area contributed by atoms with Crippen molar-refractivity contribution in [2.24, 2.45) is 0 Å². The predicted molar refractivity (Wildman–Crippen MR) is 83.8 cm³/mol. The molecule has 5 heteroatoms. The Balaban J connectivity index is 2.20. The van der Waals surface area contributed by atoms with E-state index < -0.39 is 0 Å². The second-order valence-corrected chi connectivity index (χ2v) is 5.48. The minimum Gasteiger partial charge on any atom is -0.333 e. The van der Waals surface area contributed by atoms with E-state index in [1.54, 1.807) is 23.1 Å². The van der Waals surface area contributed by atoms with Crippen LogP contribution in [0.2, 0.25) is 5.02 Å². The van der Waals surface area contributed by atoms with E-state index in [0.29, 0.717) is 28.4 Å². The molecule has 3 nitrogen and oxygen atoms in total. The maximum Gasteiger partial charge on any atom is 0.272 e. The summed E-state index contributed by atoms with van der Waals surface area (Å²) in [6.07, 6.45) is 0. The molecule has 0 atom stereocenters. The summed E-state index contributed by atoms with van der Waals surface area (Å²) in [6, 6.07) is 12.8. The number of hydrogen-bond acceptors (Lipinski definition) is 2. The average molecular weight is 354 g/mol. The summed E-state index contributed by atoms with van der Waals surface area (Å²) < 4.78 is 0.650. The lowest BCUT2D eigenvalue weighted by molar-refractivity contribution is 0.0746. The van der Waals surface area contributed by atoms with Crippen molar-refractivity contribution in [1.29, 1.82) is 0 Å². The molecule has 2 rings (SSSR count). The fraction of sp³-hybridized carbons (Fsp3) is 0.200. The maximum absolute atomic E-state index is 12.4. The van der Waals surface area contributed by atoms with Gasteiger partial charge in [-0.2, -0.15) is 0 Å². The van der Waals surface area contributed by atoms with Crippen LogP contribution in [0.4, 0.5) is 0 Å². The molecule has 0 spiro atoms. The monoisotopic (exact) mass is 352 g/mol. The van der Waals surface area contributed by atoms with Gasteiger partial charge in [0, 0.05) is 18.1 Å². The molecule has 0 radical (unpaired) electrons. The number of amides is 1. The van der Waals surface area contributed by atoms with Crippen molar-refractivity contribution in [3.8, 4) is 0 Å². The fourth-order valence-electron chi connectivity index (χ4n) is 1.85. The normalized spacial score (nSPS) is 10.3. The van der Waals surface area contributed by atoms with Crippen LogP contribution in [0, 0.1) is 0 Å². The van der Waals surface area contributed by atoms with Gasteiger partial charge in [0.1, 0.15) is 10.3 Å². The van der Waals surface area contributed by atoms with E-state index in [2.05, 4.69) is 20.9 Å². The molecule has 0 fully saturated rings. The predicted octanol–water partition coefficient (Wildman–Crippen LogP) is 4.16. The van der Waals surface area contributed by atoms with Crippen molar-refractivity contribution in [1.82, 2.24) is 9.88 Å². The van der Waals surface area contributed by atoms with Crippen LogP contribution in [0.25, 0.3) is 0 Å².